The van der Waals surface area contributed by atoms with E-state index in [0.29, 0.717) is 5.69 Å². The van der Waals surface area contributed by atoms with Crippen LogP contribution in [0.25, 0.3) is 5.69 Å². The van der Waals surface area contributed by atoms with E-state index in [1.807, 2.05) is 30.3 Å². The number of hydrogen-bond acceptors (Lipinski definition) is 6. The van der Waals surface area contributed by atoms with E-state index >= 15 is 0 Å². The Morgan fingerprint density at radius 3 is 2.65 bits per heavy atom. The molecule has 3 aromatic rings. The molecule has 2 aromatic carbocycles. The number of ether oxygens (including phenoxy) is 1. The van der Waals surface area contributed by atoms with Crippen LogP contribution in [0.1, 0.15) is 16.1 Å². The predicted octanol–water partition coefficient (Wildman–Crippen LogP) is 2.04. The fourth-order valence-corrected chi connectivity index (χ4v) is 1.96. The monoisotopic (exact) mass is 311 g/mol. The lowest BCUT2D eigenvalue weighted by atomic mass is 10.2. The lowest BCUT2D eigenvalue weighted by Gasteiger charge is -2.05. The van der Waals surface area contributed by atoms with E-state index in [1.165, 1.54) is 23.1 Å². The predicted molar refractivity (Wildman–Crippen MR) is 80.3 cm³/mol. The minimum absolute atomic E-state index is 0.0294. The lowest BCUT2D eigenvalue weighted by Crippen LogP contribution is -2.06. The molecule has 0 amide bonds. The van der Waals surface area contributed by atoms with Gasteiger partial charge in [0.15, 0.2) is 0 Å². The molecule has 0 aliphatic carbocycles. The van der Waals surface area contributed by atoms with Crippen molar-refractivity contribution < 1.29 is 19.7 Å². The van der Waals surface area contributed by atoms with Gasteiger partial charge in [-0.15, -0.1) is 5.10 Å². The summed E-state index contributed by atoms with van der Waals surface area (Å²) in [5, 5.41) is 27.1. The van der Waals surface area contributed by atoms with Crippen LogP contribution in [0.5, 0.6) is 11.5 Å². The summed E-state index contributed by atoms with van der Waals surface area (Å²) in [5.41, 5.74) is 1.24. The highest BCUT2D eigenvalue weighted by Crippen LogP contribution is 2.23. The molecule has 0 atom stereocenters. The number of carbonyl (C=O) groups is 1. The summed E-state index contributed by atoms with van der Waals surface area (Å²) in [6.45, 7) is -0.0774. The van der Waals surface area contributed by atoms with E-state index in [0.717, 1.165) is 11.8 Å². The van der Waals surface area contributed by atoms with Gasteiger partial charge in [-0.1, -0.05) is 18.2 Å². The standard InChI is InChI=1S/C16H13N3O4/c20-13-6-7-14(15(21)8-13)16(22)23-10-11-9-17-19(18-11)12-4-2-1-3-5-12/h1-9,20-21H,10H2. The maximum absolute atomic E-state index is 11.9. The summed E-state index contributed by atoms with van der Waals surface area (Å²) in [5.74, 6) is -1.19. The van der Waals surface area contributed by atoms with E-state index in [4.69, 9.17) is 4.74 Å². The van der Waals surface area contributed by atoms with Crippen molar-refractivity contribution in [2.24, 2.45) is 0 Å². The minimum Gasteiger partial charge on any atom is -0.508 e. The Bertz CT molecular complexity index is 830. The Morgan fingerprint density at radius 1 is 1.13 bits per heavy atom. The molecule has 0 radical (unpaired) electrons. The molecule has 23 heavy (non-hydrogen) atoms. The number of benzene rings is 2. The third-order valence-corrected chi connectivity index (χ3v) is 3.08. The molecular weight excluding hydrogens is 298 g/mol. The van der Waals surface area contributed by atoms with Gasteiger partial charge in [0.25, 0.3) is 0 Å². The van der Waals surface area contributed by atoms with Crippen LogP contribution in [0.3, 0.4) is 0 Å². The summed E-state index contributed by atoms with van der Waals surface area (Å²) in [6, 6.07) is 13.0. The first-order valence-corrected chi connectivity index (χ1v) is 6.79. The van der Waals surface area contributed by atoms with Gasteiger partial charge in [-0.3, -0.25) is 0 Å². The zero-order chi connectivity index (χ0) is 16.2. The van der Waals surface area contributed by atoms with Gasteiger partial charge >= 0.3 is 5.97 Å². The van der Waals surface area contributed by atoms with Gasteiger partial charge in [-0.25, -0.2) is 4.79 Å². The van der Waals surface area contributed by atoms with Crippen molar-refractivity contribution in [3.63, 3.8) is 0 Å². The lowest BCUT2D eigenvalue weighted by molar-refractivity contribution is 0.0464. The van der Waals surface area contributed by atoms with Crippen molar-refractivity contribution >= 4 is 5.97 Å². The Kier molecular flexibility index (Phi) is 3.92. The summed E-state index contributed by atoms with van der Waals surface area (Å²) < 4.78 is 5.09. The highest BCUT2D eigenvalue weighted by Gasteiger charge is 2.14. The summed E-state index contributed by atoms with van der Waals surface area (Å²) >= 11 is 0. The van der Waals surface area contributed by atoms with Crippen LogP contribution < -0.4 is 0 Å². The number of carbonyl (C=O) groups excluding carboxylic acids is 1. The molecule has 7 nitrogen and oxygen atoms in total. The first kappa shape index (κ1) is 14.6. The molecular formula is C16H13N3O4. The number of phenols is 2. The van der Waals surface area contributed by atoms with Gasteiger partial charge in [-0.05, 0) is 24.3 Å². The SMILES string of the molecule is O=C(OCc1cnn(-c2ccccc2)n1)c1ccc(O)cc1O. The van der Waals surface area contributed by atoms with Crippen molar-refractivity contribution in [3.8, 4) is 17.2 Å². The Morgan fingerprint density at radius 2 is 1.91 bits per heavy atom. The fraction of sp³-hybridized carbons (Fsp3) is 0.0625. The third-order valence-electron chi connectivity index (χ3n) is 3.08. The normalized spacial score (nSPS) is 10.4. The number of hydrogen-bond donors (Lipinski definition) is 2. The van der Waals surface area contributed by atoms with Crippen LogP contribution in [0.4, 0.5) is 0 Å². The highest BCUT2D eigenvalue weighted by atomic mass is 16.5. The van der Waals surface area contributed by atoms with E-state index in [9.17, 15) is 15.0 Å². The van der Waals surface area contributed by atoms with Crippen molar-refractivity contribution in [3.05, 3.63) is 66.0 Å². The zero-order valence-corrected chi connectivity index (χ0v) is 12.0. The first-order chi connectivity index (χ1) is 11.1. The largest absolute Gasteiger partial charge is 0.508 e. The van der Waals surface area contributed by atoms with Gasteiger partial charge in [0.05, 0.1) is 11.9 Å². The molecule has 3 rings (SSSR count). The number of para-hydroxylation sites is 1. The van der Waals surface area contributed by atoms with Gasteiger partial charge in [0, 0.05) is 6.07 Å². The van der Waals surface area contributed by atoms with Crippen LogP contribution >= 0.6 is 0 Å². The molecule has 0 spiro atoms. The zero-order valence-electron chi connectivity index (χ0n) is 12.0. The molecule has 0 aliphatic heterocycles. The number of nitrogens with zero attached hydrogens (tertiary/aromatic N) is 3. The van der Waals surface area contributed by atoms with Crippen molar-refractivity contribution in [1.29, 1.82) is 0 Å². The van der Waals surface area contributed by atoms with E-state index in [-0.39, 0.29) is 23.7 Å². The number of rotatable bonds is 4. The smallest absolute Gasteiger partial charge is 0.342 e. The van der Waals surface area contributed by atoms with E-state index in [2.05, 4.69) is 10.2 Å². The average molecular weight is 311 g/mol. The van der Waals surface area contributed by atoms with Crippen LogP contribution in [-0.4, -0.2) is 31.2 Å². The van der Waals surface area contributed by atoms with Crippen molar-refractivity contribution in [2.45, 2.75) is 6.61 Å². The van der Waals surface area contributed by atoms with Gasteiger partial charge in [-0.2, -0.15) is 9.90 Å². The second-order valence-corrected chi connectivity index (χ2v) is 4.74. The fourth-order valence-electron chi connectivity index (χ4n) is 1.96. The molecule has 0 saturated heterocycles. The number of phenolic OH excluding ortho intramolecular Hbond substituents is 2. The molecule has 116 valence electrons. The van der Waals surface area contributed by atoms with Crippen LogP contribution in [0.15, 0.2) is 54.7 Å². The van der Waals surface area contributed by atoms with Gasteiger partial charge in [0.1, 0.15) is 29.4 Å². The second-order valence-electron chi connectivity index (χ2n) is 4.74. The van der Waals surface area contributed by atoms with Crippen LogP contribution in [0, 0.1) is 0 Å². The van der Waals surface area contributed by atoms with Crippen molar-refractivity contribution in [1.82, 2.24) is 15.0 Å². The molecule has 0 unspecified atom stereocenters. The molecule has 7 heteroatoms. The first-order valence-electron chi connectivity index (χ1n) is 6.79. The maximum atomic E-state index is 11.9. The summed E-state index contributed by atoms with van der Waals surface area (Å²) in [7, 11) is 0. The molecule has 0 saturated carbocycles. The Balaban J connectivity index is 1.67. The third kappa shape index (κ3) is 3.29. The minimum atomic E-state index is -0.711. The van der Waals surface area contributed by atoms with E-state index < -0.39 is 5.97 Å². The molecule has 0 aliphatic rings. The van der Waals surface area contributed by atoms with Crippen LogP contribution in [0.2, 0.25) is 0 Å². The quantitative estimate of drug-likeness (QED) is 0.716. The topological polar surface area (TPSA) is 97.5 Å². The highest BCUT2D eigenvalue weighted by molar-refractivity contribution is 5.92. The molecule has 2 N–H and O–H groups in total. The molecule has 1 aromatic heterocycles. The Hall–Kier alpha value is -3.35. The van der Waals surface area contributed by atoms with Gasteiger partial charge < -0.3 is 14.9 Å². The number of aromatic nitrogens is 3. The van der Waals surface area contributed by atoms with Crippen LogP contribution in [-0.2, 0) is 11.3 Å². The molecule has 0 bridgehead atoms. The number of esters is 1. The van der Waals surface area contributed by atoms with E-state index in [1.54, 1.807) is 0 Å². The molecule has 1 heterocycles. The van der Waals surface area contributed by atoms with Crippen molar-refractivity contribution in [2.75, 3.05) is 0 Å². The second kappa shape index (κ2) is 6.18. The maximum Gasteiger partial charge on any atom is 0.342 e. The Labute approximate surface area is 131 Å². The number of aromatic hydroxyl groups is 2. The van der Waals surface area contributed by atoms with Gasteiger partial charge in [0.2, 0.25) is 0 Å². The molecule has 0 fully saturated rings. The summed E-state index contributed by atoms with van der Waals surface area (Å²) in [4.78, 5) is 13.3. The summed E-state index contributed by atoms with van der Waals surface area (Å²) in [6.07, 6.45) is 1.50. The average Bonchev–Trinajstić information content (AvgIpc) is 3.02.